The number of hydrogen-bond acceptors (Lipinski definition) is 2. The van der Waals surface area contributed by atoms with E-state index in [9.17, 15) is 9.59 Å². The SMILES string of the molecule is C=C(C)/C(C=O)=C(/C=O)C(=C)C. The summed E-state index contributed by atoms with van der Waals surface area (Å²) in [6.45, 7) is 10.5. The number of aldehydes is 2. The second-order valence-electron chi connectivity index (χ2n) is 2.62. The molecule has 0 aromatic carbocycles. The molecule has 0 amide bonds. The van der Waals surface area contributed by atoms with Gasteiger partial charge >= 0.3 is 0 Å². The zero-order chi connectivity index (χ0) is 9.72. The molecular weight excluding hydrogens is 152 g/mol. The third-order valence-electron chi connectivity index (χ3n) is 1.45. The number of carbonyl (C=O) groups excluding carboxylic acids is 2. The minimum atomic E-state index is 0.331. The van der Waals surface area contributed by atoms with Gasteiger partial charge in [-0.2, -0.15) is 0 Å². The smallest absolute Gasteiger partial charge is 0.151 e. The minimum absolute atomic E-state index is 0.331. The Bertz CT molecular complexity index is 242. The summed E-state index contributed by atoms with van der Waals surface area (Å²) in [6, 6.07) is 0. The van der Waals surface area contributed by atoms with E-state index in [1.807, 2.05) is 0 Å². The summed E-state index contributed by atoms with van der Waals surface area (Å²) in [5.74, 6) is 0. The van der Waals surface area contributed by atoms with E-state index in [4.69, 9.17) is 0 Å². The van der Waals surface area contributed by atoms with Crippen molar-refractivity contribution in [2.45, 2.75) is 13.8 Å². The first-order valence-electron chi connectivity index (χ1n) is 3.51. The highest BCUT2D eigenvalue weighted by molar-refractivity contribution is 5.94. The van der Waals surface area contributed by atoms with Crippen molar-refractivity contribution in [1.29, 1.82) is 0 Å². The average Bonchev–Trinajstić information content (AvgIpc) is 1.98. The Kier molecular flexibility index (Phi) is 3.91. The van der Waals surface area contributed by atoms with Gasteiger partial charge in [0.1, 0.15) is 0 Å². The monoisotopic (exact) mass is 164 g/mol. The van der Waals surface area contributed by atoms with Crippen LogP contribution < -0.4 is 0 Å². The molecule has 0 aliphatic heterocycles. The predicted molar refractivity (Wildman–Crippen MR) is 48.8 cm³/mol. The Hall–Kier alpha value is -1.44. The van der Waals surface area contributed by atoms with Crippen molar-refractivity contribution in [1.82, 2.24) is 0 Å². The molecule has 0 unspecified atom stereocenters. The lowest BCUT2D eigenvalue weighted by atomic mass is 10.00. The molecule has 0 aromatic heterocycles. The van der Waals surface area contributed by atoms with Crippen molar-refractivity contribution in [3.63, 3.8) is 0 Å². The Morgan fingerprint density at radius 3 is 1.25 bits per heavy atom. The highest BCUT2D eigenvalue weighted by atomic mass is 16.1. The van der Waals surface area contributed by atoms with E-state index in [1.54, 1.807) is 13.8 Å². The van der Waals surface area contributed by atoms with E-state index in [1.165, 1.54) is 0 Å². The molecule has 0 aromatic rings. The van der Waals surface area contributed by atoms with Gasteiger partial charge in [-0.3, -0.25) is 9.59 Å². The molecule has 2 nitrogen and oxygen atoms in total. The third-order valence-corrected chi connectivity index (χ3v) is 1.45. The summed E-state index contributed by atoms with van der Waals surface area (Å²) in [4.78, 5) is 21.1. The van der Waals surface area contributed by atoms with Gasteiger partial charge < -0.3 is 0 Å². The van der Waals surface area contributed by atoms with Crippen LogP contribution in [0.15, 0.2) is 35.5 Å². The molecule has 0 saturated heterocycles. The van der Waals surface area contributed by atoms with Crippen LogP contribution in [0.5, 0.6) is 0 Å². The van der Waals surface area contributed by atoms with E-state index in [2.05, 4.69) is 13.2 Å². The minimum Gasteiger partial charge on any atom is -0.298 e. The molecule has 0 spiro atoms. The third kappa shape index (κ3) is 2.31. The van der Waals surface area contributed by atoms with Crippen LogP contribution in [0.4, 0.5) is 0 Å². The maximum absolute atomic E-state index is 10.5. The van der Waals surface area contributed by atoms with Crippen LogP contribution in [-0.4, -0.2) is 12.6 Å². The lowest BCUT2D eigenvalue weighted by molar-refractivity contribution is -0.106. The largest absolute Gasteiger partial charge is 0.298 e. The van der Waals surface area contributed by atoms with Crippen LogP contribution >= 0.6 is 0 Å². The highest BCUT2D eigenvalue weighted by Gasteiger charge is 2.06. The molecular formula is C10H12O2. The van der Waals surface area contributed by atoms with E-state index in [0.29, 0.717) is 34.9 Å². The van der Waals surface area contributed by atoms with Crippen molar-refractivity contribution in [3.8, 4) is 0 Å². The number of carbonyl (C=O) groups is 2. The molecule has 2 heteroatoms. The van der Waals surface area contributed by atoms with Crippen LogP contribution in [-0.2, 0) is 9.59 Å². The lowest BCUT2D eigenvalue weighted by Crippen LogP contribution is -1.97. The first-order valence-corrected chi connectivity index (χ1v) is 3.51. The van der Waals surface area contributed by atoms with Crippen molar-refractivity contribution in [3.05, 3.63) is 35.5 Å². The Morgan fingerprint density at radius 1 is 0.917 bits per heavy atom. The molecule has 0 aliphatic carbocycles. The molecule has 0 saturated carbocycles. The average molecular weight is 164 g/mol. The fourth-order valence-corrected chi connectivity index (χ4v) is 0.788. The van der Waals surface area contributed by atoms with Crippen LogP contribution in [0, 0.1) is 0 Å². The highest BCUT2D eigenvalue weighted by Crippen LogP contribution is 2.14. The van der Waals surface area contributed by atoms with E-state index in [0.717, 1.165) is 0 Å². The molecule has 0 rings (SSSR count). The van der Waals surface area contributed by atoms with Gasteiger partial charge in [-0.1, -0.05) is 13.2 Å². The van der Waals surface area contributed by atoms with Crippen LogP contribution in [0.25, 0.3) is 0 Å². The number of allylic oxidation sites excluding steroid dienone is 4. The summed E-state index contributed by atoms with van der Waals surface area (Å²) in [6.07, 6.45) is 1.25. The van der Waals surface area contributed by atoms with Crippen molar-refractivity contribution in [2.24, 2.45) is 0 Å². The number of rotatable bonds is 4. The second kappa shape index (κ2) is 4.44. The molecule has 0 N–H and O–H groups in total. The standard InChI is InChI=1S/C10H12O2/c1-7(2)9(5-11)10(6-12)8(3)4/h5-6H,1,3H2,2,4H3/b10-9-. The van der Waals surface area contributed by atoms with E-state index in [-0.39, 0.29) is 0 Å². The molecule has 12 heavy (non-hydrogen) atoms. The summed E-state index contributed by atoms with van der Waals surface area (Å²) >= 11 is 0. The fraction of sp³-hybridized carbons (Fsp3) is 0.200. The molecule has 0 atom stereocenters. The summed E-state index contributed by atoms with van der Waals surface area (Å²) < 4.78 is 0. The quantitative estimate of drug-likeness (QED) is 0.361. The van der Waals surface area contributed by atoms with Gasteiger partial charge in [0.2, 0.25) is 0 Å². The van der Waals surface area contributed by atoms with Crippen LogP contribution in [0.2, 0.25) is 0 Å². The van der Waals surface area contributed by atoms with E-state index >= 15 is 0 Å². The lowest BCUT2D eigenvalue weighted by Gasteiger charge is -2.03. The molecule has 64 valence electrons. The molecule has 0 bridgehead atoms. The summed E-state index contributed by atoms with van der Waals surface area (Å²) in [5, 5.41) is 0. The van der Waals surface area contributed by atoms with Gasteiger partial charge in [0.15, 0.2) is 12.6 Å². The topological polar surface area (TPSA) is 34.1 Å². The first kappa shape index (κ1) is 10.6. The van der Waals surface area contributed by atoms with Gasteiger partial charge in [0.25, 0.3) is 0 Å². The van der Waals surface area contributed by atoms with Gasteiger partial charge in [0, 0.05) is 11.1 Å². The Morgan fingerprint density at radius 2 is 1.17 bits per heavy atom. The van der Waals surface area contributed by atoms with Gasteiger partial charge in [-0.05, 0) is 25.0 Å². The molecule has 0 aliphatic rings. The summed E-state index contributed by atoms with van der Waals surface area (Å²) in [7, 11) is 0. The maximum Gasteiger partial charge on any atom is 0.151 e. The molecule has 0 radical (unpaired) electrons. The number of hydrogen-bond donors (Lipinski definition) is 0. The van der Waals surface area contributed by atoms with Crippen molar-refractivity contribution in [2.75, 3.05) is 0 Å². The normalized spacial score (nSPS) is 11.5. The summed E-state index contributed by atoms with van der Waals surface area (Å²) in [5.41, 5.74) is 1.82. The van der Waals surface area contributed by atoms with Gasteiger partial charge in [0.05, 0.1) is 0 Å². The predicted octanol–water partition coefficient (Wildman–Crippen LogP) is 1.83. The maximum atomic E-state index is 10.5. The van der Waals surface area contributed by atoms with Crippen molar-refractivity contribution >= 4 is 12.6 Å². The zero-order valence-electron chi connectivity index (χ0n) is 7.39. The fourth-order valence-electron chi connectivity index (χ4n) is 0.788. The van der Waals surface area contributed by atoms with Crippen LogP contribution in [0.1, 0.15) is 13.8 Å². The Balaban J connectivity index is 5.30. The van der Waals surface area contributed by atoms with Gasteiger partial charge in [-0.15, -0.1) is 0 Å². The van der Waals surface area contributed by atoms with Crippen molar-refractivity contribution < 1.29 is 9.59 Å². The second-order valence-corrected chi connectivity index (χ2v) is 2.62. The molecule has 0 fully saturated rings. The van der Waals surface area contributed by atoms with Crippen LogP contribution in [0.3, 0.4) is 0 Å². The zero-order valence-corrected chi connectivity index (χ0v) is 7.39. The Labute approximate surface area is 72.3 Å². The molecule has 0 heterocycles. The van der Waals surface area contributed by atoms with Gasteiger partial charge in [-0.25, -0.2) is 0 Å². The first-order chi connectivity index (χ1) is 5.54. The van der Waals surface area contributed by atoms with E-state index < -0.39 is 0 Å².